The number of ether oxygens (including phenoxy) is 2. The number of carboxylic acid groups (broad SMARTS) is 1. The Hall–Kier alpha value is -4.29. The number of aliphatic carboxylic acids is 1. The second-order valence-corrected chi connectivity index (χ2v) is 7.78. The summed E-state index contributed by atoms with van der Waals surface area (Å²) in [6.45, 7) is 0. The average molecular weight is 489 g/mol. The number of methoxy groups -OCH3 is 1. The maximum absolute atomic E-state index is 13.3. The molecule has 0 saturated heterocycles. The van der Waals surface area contributed by atoms with Gasteiger partial charge in [0, 0.05) is 17.8 Å². The third kappa shape index (κ3) is 5.80. The van der Waals surface area contributed by atoms with Crippen LogP contribution in [0.4, 0.5) is 26.2 Å². The molecule has 0 radical (unpaired) electrons. The van der Waals surface area contributed by atoms with Crippen molar-refractivity contribution in [3.05, 3.63) is 48.0 Å². The molecule has 184 valence electrons. The first-order chi connectivity index (χ1) is 16.8. The molecule has 11 nitrogen and oxygen atoms in total. The third-order valence-electron chi connectivity index (χ3n) is 5.39. The number of nitrogens with zero attached hydrogens (tertiary/aromatic N) is 3. The number of carboxylic acids is 1. The number of aromatic nitrogens is 3. The van der Waals surface area contributed by atoms with Crippen molar-refractivity contribution in [2.24, 2.45) is 5.92 Å². The first-order valence-corrected chi connectivity index (χ1v) is 10.6. The number of nitrogens with one attached hydrogen (secondary N) is 2. The zero-order valence-electron chi connectivity index (χ0n) is 18.5. The fraction of sp³-hybridized carbons (Fsp3) is 0.318. The van der Waals surface area contributed by atoms with Gasteiger partial charge in [-0.2, -0.15) is 0 Å². The summed E-state index contributed by atoms with van der Waals surface area (Å²) in [5, 5.41) is 21.5. The Bertz CT molecular complexity index is 1230. The fourth-order valence-electron chi connectivity index (χ4n) is 3.57. The van der Waals surface area contributed by atoms with Crippen molar-refractivity contribution in [3.63, 3.8) is 0 Å². The van der Waals surface area contributed by atoms with E-state index in [1.807, 2.05) is 0 Å². The molecule has 3 N–H and O–H groups in total. The van der Waals surface area contributed by atoms with Crippen LogP contribution in [0.3, 0.4) is 0 Å². The van der Waals surface area contributed by atoms with Crippen LogP contribution in [0, 0.1) is 17.6 Å². The number of carbonyl (C=O) groups is 2. The smallest absolute Gasteiger partial charge is 0.320 e. The lowest BCUT2D eigenvalue weighted by molar-refractivity contribution is -0.143. The number of pyridine rings is 1. The van der Waals surface area contributed by atoms with E-state index in [0.29, 0.717) is 25.7 Å². The number of amides is 1. The number of carbonyl (C=O) groups excluding carboxylic acids is 1. The standard InChI is InChI=1S/C22H21F2N5O6/c1-33-17-9-13(10-25-19(17)34-14-5-2-11(3-6-14)21(31)32)26-18(30)20-28-29-22(35-20)27-12-4-7-15(23)16(24)8-12/h4,7-11,14H,2-3,5-6H2,1H3,(H,26,30)(H,27,29)(H,31,32)/t11-,14+. The van der Waals surface area contributed by atoms with Crippen LogP contribution in [0.2, 0.25) is 0 Å². The van der Waals surface area contributed by atoms with Crippen molar-refractivity contribution in [3.8, 4) is 11.6 Å². The molecule has 13 heteroatoms. The minimum absolute atomic E-state index is 0.153. The van der Waals surface area contributed by atoms with Gasteiger partial charge in [-0.15, -0.1) is 5.10 Å². The first-order valence-electron chi connectivity index (χ1n) is 10.6. The molecule has 0 atom stereocenters. The van der Waals surface area contributed by atoms with Gasteiger partial charge in [-0.3, -0.25) is 9.59 Å². The van der Waals surface area contributed by atoms with E-state index >= 15 is 0 Å². The van der Waals surface area contributed by atoms with Gasteiger partial charge in [-0.1, -0.05) is 5.10 Å². The van der Waals surface area contributed by atoms with Crippen LogP contribution in [0.15, 0.2) is 34.9 Å². The molecule has 1 aliphatic rings. The van der Waals surface area contributed by atoms with Gasteiger partial charge in [-0.05, 0) is 37.8 Å². The number of hydrogen-bond donors (Lipinski definition) is 3. The summed E-state index contributed by atoms with van der Waals surface area (Å²) in [7, 11) is 1.42. The van der Waals surface area contributed by atoms with E-state index in [1.165, 1.54) is 25.4 Å². The molecule has 1 saturated carbocycles. The summed E-state index contributed by atoms with van der Waals surface area (Å²) in [6.07, 6.45) is 3.37. The van der Waals surface area contributed by atoms with E-state index < -0.39 is 23.5 Å². The van der Waals surface area contributed by atoms with Gasteiger partial charge in [0.05, 0.1) is 24.9 Å². The molecule has 0 spiro atoms. The minimum atomic E-state index is -1.06. The maximum atomic E-state index is 13.3. The molecule has 0 aliphatic heterocycles. The number of halogens is 2. The fourth-order valence-corrected chi connectivity index (χ4v) is 3.57. The Kier molecular flexibility index (Phi) is 7.03. The summed E-state index contributed by atoms with van der Waals surface area (Å²) in [4.78, 5) is 27.8. The zero-order chi connectivity index (χ0) is 24.9. The Balaban J connectivity index is 1.37. The van der Waals surface area contributed by atoms with Gasteiger partial charge in [0.2, 0.25) is 0 Å². The highest BCUT2D eigenvalue weighted by Crippen LogP contribution is 2.32. The summed E-state index contributed by atoms with van der Waals surface area (Å²) < 4.78 is 42.8. The van der Waals surface area contributed by atoms with E-state index in [0.717, 1.165) is 12.1 Å². The van der Waals surface area contributed by atoms with Gasteiger partial charge < -0.3 is 29.6 Å². The highest BCUT2D eigenvalue weighted by Gasteiger charge is 2.28. The highest BCUT2D eigenvalue weighted by atomic mass is 19.2. The Morgan fingerprint density at radius 3 is 2.54 bits per heavy atom. The van der Waals surface area contributed by atoms with Gasteiger partial charge in [-0.25, -0.2) is 13.8 Å². The molecule has 2 heterocycles. The van der Waals surface area contributed by atoms with Crippen molar-refractivity contribution in [1.82, 2.24) is 15.2 Å². The van der Waals surface area contributed by atoms with E-state index in [9.17, 15) is 18.4 Å². The summed E-state index contributed by atoms with van der Waals surface area (Å²) in [6, 6.07) is 4.40. The van der Waals surface area contributed by atoms with E-state index in [-0.39, 0.29) is 46.9 Å². The Morgan fingerprint density at radius 2 is 1.86 bits per heavy atom. The first kappa shape index (κ1) is 23.9. The van der Waals surface area contributed by atoms with E-state index in [1.54, 1.807) is 0 Å². The monoisotopic (exact) mass is 489 g/mol. The van der Waals surface area contributed by atoms with Crippen LogP contribution in [-0.4, -0.2) is 45.4 Å². The third-order valence-corrected chi connectivity index (χ3v) is 5.39. The Morgan fingerprint density at radius 1 is 1.09 bits per heavy atom. The molecule has 35 heavy (non-hydrogen) atoms. The second-order valence-electron chi connectivity index (χ2n) is 7.78. The molecular weight excluding hydrogens is 468 g/mol. The predicted molar refractivity (Wildman–Crippen MR) is 117 cm³/mol. The normalized spacial score (nSPS) is 17.5. The molecule has 1 fully saturated rings. The van der Waals surface area contributed by atoms with Crippen LogP contribution in [-0.2, 0) is 4.79 Å². The molecular formula is C22H21F2N5O6. The number of rotatable bonds is 8. The highest BCUT2D eigenvalue weighted by molar-refractivity contribution is 6.01. The predicted octanol–water partition coefficient (Wildman–Crippen LogP) is 3.77. The molecule has 3 aromatic rings. The molecule has 1 aromatic carbocycles. The quantitative estimate of drug-likeness (QED) is 0.427. The molecule has 0 bridgehead atoms. The summed E-state index contributed by atoms with van der Waals surface area (Å²) in [5.74, 6) is -3.85. The van der Waals surface area contributed by atoms with Gasteiger partial charge >= 0.3 is 23.8 Å². The Labute approximate surface area is 197 Å². The molecule has 1 aliphatic carbocycles. The lowest BCUT2D eigenvalue weighted by atomic mass is 9.87. The van der Waals surface area contributed by atoms with Crippen molar-refractivity contribution >= 4 is 29.3 Å². The van der Waals surface area contributed by atoms with Crippen LogP contribution < -0.4 is 20.1 Å². The number of anilines is 3. The van der Waals surface area contributed by atoms with E-state index in [2.05, 4.69) is 25.8 Å². The maximum Gasteiger partial charge on any atom is 0.320 e. The molecule has 0 unspecified atom stereocenters. The van der Waals surface area contributed by atoms with Crippen LogP contribution >= 0.6 is 0 Å². The van der Waals surface area contributed by atoms with Crippen molar-refractivity contribution in [1.29, 1.82) is 0 Å². The number of hydrogen-bond acceptors (Lipinski definition) is 9. The van der Waals surface area contributed by atoms with Crippen molar-refractivity contribution in [2.75, 3.05) is 17.7 Å². The molecule has 4 rings (SSSR count). The summed E-state index contributed by atoms with van der Waals surface area (Å²) >= 11 is 0. The van der Waals surface area contributed by atoms with Crippen molar-refractivity contribution in [2.45, 2.75) is 31.8 Å². The van der Waals surface area contributed by atoms with Crippen LogP contribution in [0.1, 0.15) is 36.4 Å². The SMILES string of the molecule is COc1cc(NC(=O)c2nnc(Nc3ccc(F)c(F)c3)o2)cnc1O[C@H]1CC[C@@H](C(=O)O)CC1. The summed E-state index contributed by atoms with van der Waals surface area (Å²) in [5.41, 5.74) is 0.419. The molecule has 2 aromatic heterocycles. The zero-order valence-corrected chi connectivity index (χ0v) is 18.5. The van der Waals surface area contributed by atoms with Gasteiger partial charge in [0.1, 0.15) is 6.10 Å². The second kappa shape index (κ2) is 10.3. The number of benzene rings is 1. The molecule has 1 amide bonds. The lowest BCUT2D eigenvalue weighted by Crippen LogP contribution is -2.28. The minimum Gasteiger partial charge on any atom is -0.491 e. The average Bonchev–Trinajstić information content (AvgIpc) is 3.31. The van der Waals surface area contributed by atoms with Crippen LogP contribution in [0.25, 0.3) is 0 Å². The van der Waals surface area contributed by atoms with E-state index in [4.69, 9.17) is 19.0 Å². The van der Waals surface area contributed by atoms with Gasteiger partial charge in [0.15, 0.2) is 17.4 Å². The van der Waals surface area contributed by atoms with Crippen molar-refractivity contribution < 1.29 is 37.4 Å². The van der Waals surface area contributed by atoms with Gasteiger partial charge in [0.25, 0.3) is 5.88 Å². The van der Waals surface area contributed by atoms with Crippen LogP contribution in [0.5, 0.6) is 11.6 Å². The lowest BCUT2D eigenvalue weighted by Gasteiger charge is -2.26. The largest absolute Gasteiger partial charge is 0.491 e. The topological polar surface area (TPSA) is 149 Å².